The molecule has 118 valence electrons. The van der Waals surface area contributed by atoms with E-state index in [1.54, 1.807) is 18.4 Å². The zero-order chi connectivity index (χ0) is 16.3. The Morgan fingerprint density at radius 1 is 1.00 bits per heavy atom. The van der Waals surface area contributed by atoms with E-state index in [1.165, 1.54) is 10.7 Å². The summed E-state index contributed by atoms with van der Waals surface area (Å²) >= 11 is 0. The van der Waals surface area contributed by atoms with Crippen molar-refractivity contribution in [3.05, 3.63) is 59.0 Å². The second-order valence-electron chi connectivity index (χ2n) is 5.63. The van der Waals surface area contributed by atoms with Crippen LogP contribution in [0.5, 0.6) is 11.5 Å². The third kappa shape index (κ3) is 1.68. The quantitative estimate of drug-likeness (QED) is 0.546. The number of nitrogens with two attached hydrogens (primary N) is 1. The molecule has 0 aliphatic carbocycles. The minimum absolute atomic E-state index is 0.134. The highest BCUT2D eigenvalue weighted by molar-refractivity contribution is 5.95. The van der Waals surface area contributed by atoms with Gasteiger partial charge in [-0.1, -0.05) is 18.2 Å². The highest BCUT2D eigenvalue weighted by Crippen LogP contribution is 2.36. The molecule has 24 heavy (non-hydrogen) atoms. The molecule has 6 nitrogen and oxygen atoms in total. The number of nitrogen functional groups attached to an aromatic ring is 1. The molecular weight excluding hydrogens is 308 g/mol. The molecule has 0 spiro atoms. The fraction of sp³-hybridized carbons (Fsp3) is 0.0556. The number of benzene rings is 2. The zero-order valence-corrected chi connectivity index (χ0v) is 12.5. The molecule has 2 aromatic heterocycles. The van der Waals surface area contributed by atoms with Crippen molar-refractivity contribution < 1.29 is 13.9 Å². The lowest BCUT2D eigenvalue weighted by Crippen LogP contribution is -2.17. The molecule has 0 fully saturated rings. The van der Waals surface area contributed by atoms with Crippen LogP contribution in [0.3, 0.4) is 0 Å². The average Bonchev–Trinajstić information content (AvgIpc) is 3.23. The largest absolute Gasteiger partial charge is 0.464 e. The van der Waals surface area contributed by atoms with Crippen molar-refractivity contribution in [1.29, 1.82) is 0 Å². The van der Waals surface area contributed by atoms with Crippen molar-refractivity contribution in [3.8, 4) is 22.8 Å². The molecule has 0 unspecified atom stereocenters. The van der Waals surface area contributed by atoms with Crippen LogP contribution >= 0.6 is 0 Å². The third-order valence-corrected chi connectivity index (χ3v) is 4.30. The minimum atomic E-state index is -0.134. The van der Waals surface area contributed by atoms with Gasteiger partial charge in [0.2, 0.25) is 6.79 Å². The van der Waals surface area contributed by atoms with E-state index in [4.69, 9.17) is 19.7 Å². The van der Waals surface area contributed by atoms with Gasteiger partial charge in [-0.2, -0.15) is 0 Å². The first kappa shape index (κ1) is 13.1. The maximum absolute atomic E-state index is 12.6. The summed E-state index contributed by atoms with van der Waals surface area (Å²) in [6.45, 7) is 0.143. The molecule has 4 aromatic rings. The molecule has 0 radical (unpaired) electrons. The van der Waals surface area contributed by atoms with Crippen LogP contribution in [0.25, 0.3) is 33.1 Å². The molecule has 0 bridgehead atoms. The Bertz CT molecular complexity index is 1170. The molecule has 6 heteroatoms. The Morgan fingerprint density at radius 2 is 1.79 bits per heavy atom. The maximum Gasteiger partial charge on any atom is 0.231 e. The van der Waals surface area contributed by atoms with Crippen molar-refractivity contribution in [2.75, 3.05) is 12.6 Å². The second kappa shape index (κ2) is 4.55. The molecule has 2 N–H and O–H groups in total. The molecule has 3 heterocycles. The lowest BCUT2D eigenvalue weighted by molar-refractivity contribution is 0.174. The number of nitrogens with zero attached hydrogens (tertiary/aromatic N) is 1. The number of furan rings is 1. The molecule has 0 amide bonds. The Hall–Kier alpha value is -3.41. The van der Waals surface area contributed by atoms with E-state index >= 15 is 0 Å². The van der Waals surface area contributed by atoms with Crippen molar-refractivity contribution in [2.24, 2.45) is 0 Å². The topological polar surface area (TPSA) is 79.6 Å². The van der Waals surface area contributed by atoms with Gasteiger partial charge in [0.1, 0.15) is 11.8 Å². The number of para-hydroxylation sites is 1. The maximum atomic E-state index is 12.6. The number of hydrogen-bond donors (Lipinski definition) is 1. The van der Waals surface area contributed by atoms with Gasteiger partial charge in [0.15, 0.2) is 16.9 Å². The van der Waals surface area contributed by atoms with Crippen LogP contribution < -0.4 is 20.7 Å². The molecule has 0 saturated carbocycles. The lowest BCUT2D eigenvalue weighted by Gasteiger charge is -2.11. The van der Waals surface area contributed by atoms with Crippen LogP contribution in [0.15, 0.2) is 57.9 Å². The van der Waals surface area contributed by atoms with Gasteiger partial charge in [-0.05, 0) is 12.1 Å². The summed E-state index contributed by atoms with van der Waals surface area (Å²) < 4.78 is 17.8. The number of hydrogen-bond acceptors (Lipinski definition) is 5. The van der Waals surface area contributed by atoms with Gasteiger partial charge in [0, 0.05) is 23.1 Å². The number of fused-ring (bicyclic) bond motifs is 3. The number of ether oxygens (including phenoxy) is 2. The fourth-order valence-corrected chi connectivity index (χ4v) is 3.11. The Balaban J connectivity index is 1.85. The summed E-state index contributed by atoms with van der Waals surface area (Å²) in [7, 11) is 0. The third-order valence-electron chi connectivity index (χ3n) is 4.30. The molecule has 1 aliphatic rings. The molecule has 0 atom stereocenters. The van der Waals surface area contributed by atoms with Crippen LogP contribution in [-0.2, 0) is 0 Å². The Kier molecular flexibility index (Phi) is 2.48. The van der Waals surface area contributed by atoms with Crippen molar-refractivity contribution in [3.63, 3.8) is 0 Å². The van der Waals surface area contributed by atoms with E-state index in [-0.39, 0.29) is 12.2 Å². The number of pyridine rings is 1. The normalized spacial score (nSPS) is 13.0. The van der Waals surface area contributed by atoms with Gasteiger partial charge in [-0.25, -0.2) is 0 Å². The van der Waals surface area contributed by atoms with Crippen LogP contribution in [0.2, 0.25) is 0 Å². The number of aromatic nitrogens is 1. The van der Waals surface area contributed by atoms with Gasteiger partial charge in [-0.15, -0.1) is 0 Å². The Morgan fingerprint density at radius 3 is 2.67 bits per heavy atom. The van der Waals surface area contributed by atoms with Crippen LogP contribution in [0, 0.1) is 0 Å². The predicted octanol–water partition coefficient (Wildman–Crippen LogP) is 2.86. The summed E-state index contributed by atoms with van der Waals surface area (Å²) in [6.07, 6.45) is 1.61. The smallest absolute Gasteiger partial charge is 0.231 e. The first-order chi connectivity index (χ1) is 11.7. The van der Waals surface area contributed by atoms with Gasteiger partial charge in [0.05, 0.1) is 16.6 Å². The summed E-state index contributed by atoms with van der Waals surface area (Å²) in [4.78, 5) is 12.6. The zero-order valence-electron chi connectivity index (χ0n) is 12.5. The predicted molar refractivity (Wildman–Crippen MR) is 89.7 cm³/mol. The average molecular weight is 320 g/mol. The summed E-state index contributed by atoms with van der Waals surface area (Å²) in [5.74, 6) is 7.44. The first-order valence-electron chi connectivity index (χ1n) is 7.43. The minimum Gasteiger partial charge on any atom is -0.464 e. The Labute approximate surface area is 135 Å². The monoisotopic (exact) mass is 320 g/mol. The molecule has 0 saturated heterocycles. The lowest BCUT2D eigenvalue weighted by atomic mass is 10.1. The van der Waals surface area contributed by atoms with E-state index in [0.29, 0.717) is 28.1 Å². The highest BCUT2D eigenvalue weighted by atomic mass is 16.7. The summed E-state index contributed by atoms with van der Waals surface area (Å²) in [5.41, 5.74) is 2.53. The summed E-state index contributed by atoms with van der Waals surface area (Å²) in [5, 5.41) is 1.38. The van der Waals surface area contributed by atoms with Gasteiger partial charge in [-0.3, -0.25) is 9.47 Å². The van der Waals surface area contributed by atoms with E-state index in [1.807, 2.05) is 24.3 Å². The summed E-state index contributed by atoms with van der Waals surface area (Å²) in [6, 6.07) is 12.5. The van der Waals surface area contributed by atoms with E-state index in [0.717, 1.165) is 16.5 Å². The van der Waals surface area contributed by atoms with Gasteiger partial charge >= 0.3 is 0 Å². The van der Waals surface area contributed by atoms with Crippen LogP contribution in [0.1, 0.15) is 0 Å². The van der Waals surface area contributed by atoms with Crippen molar-refractivity contribution in [1.82, 2.24) is 4.68 Å². The van der Waals surface area contributed by atoms with E-state index in [9.17, 15) is 4.79 Å². The molecular formula is C18H12N2O4. The standard InChI is InChI=1S/C18H12N2O4/c19-20-13(12-8-22-16-4-2-1-3-10(12)16)6-15(21)11-5-17-18(7-14(11)20)24-9-23-17/h1-8H,9,19H2. The van der Waals surface area contributed by atoms with Gasteiger partial charge in [0.25, 0.3) is 0 Å². The molecule has 1 aliphatic heterocycles. The van der Waals surface area contributed by atoms with Gasteiger partial charge < -0.3 is 19.7 Å². The molecule has 2 aromatic carbocycles. The highest BCUT2D eigenvalue weighted by Gasteiger charge is 2.19. The first-order valence-corrected chi connectivity index (χ1v) is 7.43. The SMILES string of the molecule is Nn1c(-c2coc3ccccc23)cc(=O)c2cc3c(cc21)OCO3. The second-order valence-corrected chi connectivity index (χ2v) is 5.63. The van der Waals surface area contributed by atoms with Crippen LogP contribution in [0.4, 0.5) is 0 Å². The number of rotatable bonds is 1. The van der Waals surface area contributed by atoms with E-state index in [2.05, 4.69) is 0 Å². The van der Waals surface area contributed by atoms with E-state index < -0.39 is 0 Å². The fourth-order valence-electron chi connectivity index (χ4n) is 3.11. The van der Waals surface area contributed by atoms with Crippen molar-refractivity contribution >= 4 is 21.9 Å². The van der Waals surface area contributed by atoms with Crippen LogP contribution in [-0.4, -0.2) is 11.5 Å². The molecule has 5 rings (SSSR count). The van der Waals surface area contributed by atoms with Crippen molar-refractivity contribution in [2.45, 2.75) is 0 Å².